The van der Waals surface area contributed by atoms with E-state index in [0.717, 1.165) is 21.9 Å². The molecule has 0 spiro atoms. The summed E-state index contributed by atoms with van der Waals surface area (Å²) in [5.41, 5.74) is 25.3. The summed E-state index contributed by atoms with van der Waals surface area (Å²) < 4.78 is 6.16. The summed E-state index contributed by atoms with van der Waals surface area (Å²) in [6.45, 7) is 9.54. The maximum absolute atomic E-state index is 6.16. The summed E-state index contributed by atoms with van der Waals surface area (Å²) in [6.07, 6.45) is 0. The Hall–Kier alpha value is -12.2. The monoisotopic (exact) mass is 1260 g/mol. The number of fused-ring (bicyclic) bond motifs is 18. The standard InChI is InChI=1S/C51H34O.C47H32/c1-51(2)44-23-12-22-41(50(44)43-29-32-13-3-4-14-33(32)30-45(43)51)49-39-20-7-5-18-37(39)48(38-19-6-8-21-40(38)49)35-16-11-15-31(27-35)34-25-26-47-42(28-34)36-17-9-10-24-46(36)52-47;1-47(2)42-21-11-20-40(46(42)41-27-30-13-3-4-14-31(30)28-43(41)47)45-38-18-9-7-16-36(38)44(37-17-8-10-19-39(37)45)33-24-25-35-32(26-33)23-22-29-12-5-6-15-34(29)35/h3-30H,1-2H3;3-28H,1-2H3. The Morgan fingerprint density at radius 1 is 0.182 bits per heavy atom. The molecular weight excluding hydrogens is 1190 g/mol. The molecule has 0 bridgehead atoms. The molecule has 0 aliphatic heterocycles. The molecular formula is C98H66O. The van der Waals surface area contributed by atoms with Crippen LogP contribution < -0.4 is 0 Å². The Morgan fingerprint density at radius 3 is 1.06 bits per heavy atom. The topological polar surface area (TPSA) is 13.1 Å². The highest BCUT2D eigenvalue weighted by atomic mass is 16.3. The predicted octanol–water partition coefficient (Wildman–Crippen LogP) is 27.4. The van der Waals surface area contributed by atoms with Crippen LogP contribution in [0.4, 0.5) is 0 Å². The third-order valence-electron chi connectivity index (χ3n) is 22.4. The minimum absolute atomic E-state index is 0.0917. The van der Waals surface area contributed by atoms with E-state index in [4.69, 9.17) is 4.42 Å². The second-order valence-electron chi connectivity index (χ2n) is 28.5. The van der Waals surface area contributed by atoms with Crippen LogP contribution in [0.5, 0.6) is 0 Å². The van der Waals surface area contributed by atoms with Crippen molar-refractivity contribution in [3.63, 3.8) is 0 Å². The number of rotatable bonds is 5. The molecule has 0 unspecified atom stereocenters. The average molecular weight is 1260 g/mol. The first-order valence-corrected chi connectivity index (χ1v) is 34.8. The first kappa shape index (κ1) is 57.1. The van der Waals surface area contributed by atoms with E-state index in [0.29, 0.717) is 0 Å². The van der Waals surface area contributed by atoms with Gasteiger partial charge in [-0.15, -0.1) is 0 Å². The van der Waals surface area contributed by atoms with Crippen molar-refractivity contribution in [2.24, 2.45) is 0 Å². The van der Waals surface area contributed by atoms with Gasteiger partial charge in [-0.05, 0) is 241 Å². The van der Waals surface area contributed by atoms with Crippen molar-refractivity contribution in [1.29, 1.82) is 0 Å². The molecule has 18 aromatic carbocycles. The molecule has 1 nitrogen and oxygen atoms in total. The largest absolute Gasteiger partial charge is 0.456 e. The summed E-state index contributed by atoms with van der Waals surface area (Å²) in [6, 6.07) is 121. The molecule has 1 aromatic heterocycles. The Morgan fingerprint density at radius 2 is 0.545 bits per heavy atom. The van der Waals surface area contributed by atoms with Gasteiger partial charge in [0.15, 0.2) is 0 Å². The Kier molecular flexibility index (Phi) is 12.5. The molecule has 19 aromatic rings. The molecule has 0 saturated carbocycles. The molecule has 99 heavy (non-hydrogen) atoms. The van der Waals surface area contributed by atoms with Crippen molar-refractivity contribution in [2.75, 3.05) is 0 Å². The molecule has 0 atom stereocenters. The molecule has 0 fully saturated rings. The Bertz CT molecular complexity index is 6550. The second-order valence-corrected chi connectivity index (χ2v) is 28.5. The maximum atomic E-state index is 6.16. The molecule has 1 heterocycles. The van der Waals surface area contributed by atoms with Gasteiger partial charge in [0.2, 0.25) is 0 Å². The summed E-state index contributed by atoms with van der Waals surface area (Å²) in [4.78, 5) is 0. The fourth-order valence-corrected chi connectivity index (χ4v) is 17.7. The highest BCUT2D eigenvalue weighted by Crippen LogP contribution is 2.58. The van der Waals surface area contributed by atoms with Crippen molar-refractivity contribution in [3.8, 4) is 77.9 Å². The molecule has 464 valence electrons. The zero-order valence-electron chi connectivity index (χ0n) is 55.6. The third-order valence-corrected chi connectivity index (χ3v) is 22.4. The maximum Gasteiger partial charge on any atom is 0.135 e. The van der Waals surface area contributed by atoms with Crippen molar-refractivity contribution in [1.82, 2.24) is 0 Å². The first-order chi connectivity index (χ1) is 48.6. The number of para-hydroxylation sites is 1. The van der Waals surface area contributed by atoms with Gasteiger partial charge in [-0.2, -0.15) is 0 Å². The van der Waals surface area contributed by atoms with Crippen LogP contribution in [0.2, 0.25) is 0 Å². The van der Waals surface area contributed by atoms with Crippen LogP contribution >= 0.6 is 0 Å². The van der Waals surface area contributed by atoms with Gasteiger partial charge < -0.3 is 4.42 Å². The summed E-state index contributed by atoms with van der Waals surface area (Å²) in [5, 5.41) is 22.8. The zero-order valence-corrected chi connectivity index (χ0v) is 55.6. The normalized spacial score (nSPS) is 13.4. The van der Waals surface area contributed by atoms with E-state index in [1.807, 2.05) is 12.1 Å². The van der Waals surface area contributed by atoms with Crippen LogP contribution in [-0.2, 0) is 10.8 Å². The lowest BCUT2D eigenvalue weighted by atomic mass is 9.80. The van der Waals surface area contributed by atoms with Crippen molar-refractivity contribution in [3.05, 3.63) is 350 Å². The molecule has 0 N–H and O–H groups in total. The van der Waals surface area contributed by atoms with Crippen LogP contribution in [0.1, 0.15) is 49.9 Å². The number of hydrogen-bond donors (Lipinski definition) is 0. The first-order valence-electron chi connectivity index (χ1n) is 34.8. The lowest BCUT2D eigenvalue weighted by Crippen LogP contribution is -2.14. The van der Waals surface area contributed by atoms with E-state index in [-0.39, 0.29) is 10.8 Å². The van der Waals surface area contributed by atoms with E-state index in [2.05, 4.69) is 343 Å². The highest BCUT2D eigenvalue weighted by Gasteiger charge is 2.40. The highest BCUT2D eigenvalue weighted by molar-refractivity contribution is 6.25. The van der Waals surface area contributed by atoms with Gasteiger partial charge in [0, 0.05) is 21.6 Å². The second kappa shape index (κ2) is 21.7. The van der Waals surface area contributed by atoms with Crippen molar-refractivity contribution in [2.45, 2.75) is 38.5 Å². The van der Waals surface area contributed by atoms with Crippen molar-refractivity contribution >= 4 is 108 Å². The van der Waals surface area contributed by atoms with Gasteiger partial charge in [0.1, 0.15) is 11.2 Å². The lowest BCUT2D eigenvalue weighted by Gasteiger charge is -2.23. The fourth-order valence-electron chi connectivity index (χ4n) is 17.7. The molecule has 2 aliphatic carbocycles. The van der Waals surface area contributed by atoms with Gasteiger partial charge in [0.05, 0.1) is 0 Å². The SMILES string of the molecule is CC1(C)c2cc3ccccc3cc2-c2c(-c3c4ccccc4c(-c4ccc5c(ccc6ccccc65)c4)c4ccccc34)cccc21.CC1(C)c2cc3ccccc3cc2-c2c(-c3c4ccccc4c(-c4cccc(-c5ccc6oc7ccccc7c6c5)c4)c4ccccc34)cccc21. The molecule has 0 amide bonds. The Balaban J connectivity index is 0.000000135. The molecule has 1 heteroatoms. The van der Waals surface area contributed by atoms with Gasteiger partial charge in [-0.1, -0.05) is 301 Å². The van der Waals surface area contributed by atoms with E-state index >= 15 is 0 Å². The van der Waals surface area contributed by atoms with Gasteiger partial charge in [0.25, 0.3) is 0 Å². The minimum Gasteiger partial charge on any atom is -0.456 e. The summed E-state index contributed by atoms with van der Waals surface area (Å²) >= 11 is 0. The predicted molar refractivity (Wildman–Crippen MR) is 423 cm³/mol. The van der Waals surface area contributed by atoms with Crippen LogP contribution in [0.3, 0.4) is 0 Å². The van der Waals surface area contributed by atoms with E-state index in [9.17, 15) is 0 Å². The zero-order chi connectivity index (χ0) is 65.8. The fraction of sp³-hybridized carbons (Fsp3) is 0.0612. The van der Waals surface area contributed by atoms with Crippen LogP contribution in [0.25, 0.3) is 186 Å². The smallest absolute Gasteiger partial charge is 0.135 e. The Labute approximate surface area is 575 Å². The van der Waals surface area contributed by atoms with Crippen LogP contribution in [0, 0.1) is 0 Å². The quantitative estimate of drug-likeness (QED) is 0.124. The molecule has 0 saturated heterocycles. The van der Waals surface area contributed by atoms with Gasteiger partial charge >= 0.3 is 0 Å². The van der Waals surface area contributed by atoms with E-state index < -0.39 is 0 Å². The van der Waals surface area contributed by atoms with Crippen LogP contribution in [0.15, 0.2) is 332 Å². The number of benzene rings is 18. The molecule has 21 rings (SSSR count). The number of hydrogen-bond acceptors (Lipinski definition) is 1. The number of furan rings is 1. The van der Waals surface area contributed by atoms with Crippen LogP contribution in [-0.4, -0.2) is 0 Å². The van der Waals surface area contributed by atoms with E-state index in [1.165, 1.54) is 186 Å². The third kappa shape index (κ3) is 8.60. The van der Waals surface area contributed by atoms with Crippen molar-refractivity contribution < 1.29 is 4.42 Å². The van der Waals surface area contributed by atoms with Gasteiger partial charge in [-0.3, -0.25) is 0 Å². The average Bonchev–Trinajstić information content (AvgIpc) is 1.49. The van der Waals surface area contributed by atoms with Gasteiger partial charge in [-0.25, -0.2) is 0 Å². The molecule has 0 radical (unpaired) electrons. The summed E-state index contributed by atoms with van der Waals surface area (Å²) in [5.74, 6) is 0. The summed E-state index contributed by atoms with van der Waals surface area (Å²) in [7, 11) is 0. The lowest BCUT2D eigenvalue weighted by molar-refractivity contribution is 0.661. The van der Waals surface area contributed by atoms with E-state index in [1.54, 1.807) is 0 Å². The minimum atomic E-state index is -0.109. The molecule has 2 aliphatic rings.